The van der Waals surface area contributed by atoms with Crippen molar-refractivity contribution in [1.82, 2.24) is 0 Å². The SMILES string of the molecule is Cc1ccc(-c2ccc(-c3ccc(C=O)cc3)o2)cc1. The van der Waals surface area contributed by atoms with Crippen LogP contribution in [0.15, 0.2) is 65.1 Å². The van der Waals surface area contributed by atoms with Crippen LogP contribution in [0.2, 0.25) is 0 Å². The van der Waals surface area contributed by atoms with Crippen LogP contribution in [0.25, 0.3) is 22.6 Å². The Balaban J connectivity index is 1.92. The molecule has 20 heavy (non-hydrogen) atoms. The third kappa shape index (κ3) is 2.41. The highest BCUT2D eigenvalue weighted by Gasteiger charge is 2.06. The standard InChI is InChI=1S/C18H14O2/c1-13-2-6-15(7-3-13)17-10-11-18(20-17)16-8-4-14(12-19)5-9-16/h2-12H,1H3. The van der Waals surface area contributed by atoms with Gasteiger partial charge < -0.3 is 4.42 Å². The van der Waals surface area contributed by atoms with Gasteiger partial charge in [-0.3, -0.25) is 4.79 Å². The van der Waals surface area contributed by atoms with Gasteiger partial charge in [-0.2, -0.15) is 0 Å². The predicted octanol–water partition coefficient (Wildman–Crippen LogP) is 4.73. The van der Waals surface area contributed by atoms with Crippen molar-refractivity contribution in [2.75, 3.05) is 0 Å². The van der Waals surface area contributed by atoms with Crippen molar-refractivity contribution in [3.63, 3.8) is 0 Å². The van der Waals surface area contributed by atoms with Crippen LogP contribution < -0.4 is 0 Å². The summed E-state index contributed by atoms with van der Waals surface area (Å²) in [6, 6.07) is 19.5. The summed E-state index contributed by atoms with van der Waals surface area (Å²) >= 11 is 0. The quantitative estimate of drug-likeness (QED) is 0.638. The first kappa shape index (κ1) is 12.4. The van der Waals surface area contributed by atoms with Gasteiger partial charge in [0.2, 0.25) is 0 Å². The second kappa shape index (κ2) is 5.17. The maximum Gasteiger partial charge on any atom is 0.150 e. The molecule has 2 heteroatoms. The van der Waals surface area contributed by atoms with E-state index in [1.54, 1.807) is 12.1 Å². The first-order chi connectivity index (χ1) is 9.76. The largest absolute Gasteiger partial charge is 0.456 e. The topological polar surface area (TPSA) is 30.2 Å². The van der Waals surface area contributed by atoms with Gasteiger partial charge in [0, 0.05) is 16.7 Å². The maximum atomic E-state index is 10.6. The number of carbonyl (C=O) groups excluding carboxylic acids is 1. The molecule has 0 unspecified atom stereocenters. The third-order valence-corrected chi connectivity index (χ3v) is 3.27. The first-order valence-electron chi connectivity index (χ1n) is 6.49. The van der Waals surface area contributed by atoms with Gasteiger partial charge in [-0.1, -0.05) is 54.1 Å². The second-order valence-electron chi connectivity index (χ2n) is 4.77. The molecule has 0 N–H and O–H groups in total. The van der Waals surface area contributed by atoms with Crippen molar-refractivity contribution >= 4 is 6.29 Å². The molecular formula is C18H14O2. The van der Waals surface area contributed by atoms with E-state index in [4.69, 9.17) is 4.42 Å². The van der Waals surface area contributed by atoms with E-state index in [0.29, 0.717) is 5.56 Å². The molecular weight excluding hydrogens is 248 g/mol. The van der Waals surface area contributed by atoms with Crippen LogP contribution in [0.3, 0.4) is 0 Å². The van der Waals surface area contributed by atoms with E-state index in [1.807, 2.05) is 36.4 Å². The molecule has 3 rings (SSSR count). The first-order valence-corrected chi connectivity index (χ1v) is 6.49. The van der Waals surface area contributed by atoms with Gasteiger partial charge in [0.1, 0.15) is 17.8 Å². The lowest BCUT2D eigenvalue weighted by atomic mass is 10.1. The highest BCUT2D eigenvalue weighted by molar-refractivity contribution is 5.76. The summed E-state index contributed by atoms with van der Waals surface area (Å²) in [5.74, 6) is 1.65. The van der Waals surface area contributed by atoms with E-state index in [1.165, 1.54) is 5.56 Å². The van der Waals surface area contributed by atoms with E-state index >= 15 is 0 Å². The van der Waals surface area contributed by atoms with Crippen LogP contribution in [-0.4, -0.2) is 6.29 Å². The molecule has 0 fully saturated rings. The fourth-order valence-electron chi connectivity index (χ4n) is 2.09. The molecule has 0 aliphatic heterocycles. The average molecular weight is 262 g/mol. The Kier molecular flexibility index (Phi) is 3.21. The summed E-state index contributed by atoms with van der Waals surface area (Å²) in [5, 5.41) is 0. The fourth-order valence-corrected chi connectivity index (χ4v) is 2.09. The lowest BCUT2D eigenvalue weighted by Gasteiger charge is -1.99. The number of aryl methyl sites for hydroxylation is 1. The van der Waals surface area contributed by atoms with E-state index in [0.717, 1.165) is 28.9 Å². The molecule has 98 valence electrons. The zero-order chi connectivity index (χ0) is 13.9. The molecule has 0 bridgehead atoms. The monoisotopic (exact) mass is 262 g/mol. The lowest BCUT2D eigenvalue weighted by molar-refractivity contribution is 0.112. The third-order valence-electron chi connectivity index (χ3n) is 3.27. The van der Waals surface area contributed by atoms with Crippen molar-refractivity contribution in [2.24, 2.45) is 0 Å². The molecule has 2 aromatic carbocycles. The highest BCUT2D eigenvalue weighted by atomic mass is 16.3. The molecule has 1 heterocycles. The maximum absolute atomic E-state index is 10.6. The summed E-state index contributed by atoms with van der Waals surface area (Å²) in [6.07, 6.45) is 0.837. The van der Waals surface area contributed by atoms with Gasteiger partial charge in [0.15, 0.2) is 0 Å². The minimum Gasteiger partial charge on any atom is -0.456 e. The molecule has 0 atom stereocenters. The van der Waals surface area contributed by atoms with Crippen molar-refractivity contribution in [3.05, 3.63) is 71.8 Å². The Hall–Kier alpha value is -2.61. The highest BCUT2D eigenvalue weighted by Crippen LogP contribution is 2.28. The zero-order valence-electron chi connectivity index (χ0n) is 11.2. The minimum absolute atomic E-state index is 0.666. The van der Waals surface area contributed by atoms with Crippen LogP contribution in [0.1, 0.15) is 15.9 Å². The Morgan fingerprint density at radius 1 is 0.750 bits per heavy atom. The Bertz CT molecular complexity index is 719. The van der Waals surface area contributed by atoms with Crippen LogP contribution in [0.4, 0.5) is 0 Å². The molecule has 0 aliphatic rings. The summed E-state index contributed by atoms with van der Waals surface area (Å²) in [6.45, 7) is 2.06. The van der Waals surface area contributed by atoms with Gasteiger partial charge >= 0.3 is 0 Å². The molecule has 0 aliphatic carbocycles. The Morgan fingerprint density at radius 3 is 1.75 bits per heavy atom. The fraction of sp³-hybridized carbons (Fsp3) is 0.0556. The van der Waals surface area contributed by atoms with E-state index in [-0.39, 0.29) is 0 Å². The van der Waals surface area contributed by atoms with Crippen LogP contribution in [0.5, 0.6) is 0 Å². The van der Waals surface area contributed by atoms with Gasteiger partial charge in [-0.15, -0.1) is 0 Å². The Labute approximate surface area is 117 Å². The van der Waals surface area contributed by atoms with Crippen LogP contribution in [-0.2, 0) is 0 Å². The number of benzene rings is 2. The lowest BCUT2D eigenvalue weighted by Crippen LogP contribution is -1.79. The van der Waals surface area contributed by atoms with Gasteiger partial charge in [0.05, 0.1) is 0 Å². The van der Waals surface area contributed by atoms with Crippen molar-refractivity contribution in [2.45, 2.75) is 6.92 Å². The molecule has 0 saturated carbocycles. The number of hydrogen-bond donors (Lipinski definition) is 0. The number of furan rings is 1. The van der Waals surface area contributed by atoms with Crippen molar-refractivity contribution in [3.8, 4) is 22.6 Å². The molecule has 0 spiro atoms. The summed E-state index contributed by atoms with van der Waals surface area (Å²) in [4.78, 5) is 10.6. The van der Waals surface area contributed by atoms with Crippen molar-refractivity contribution in [1.29, 1.82) is 0 Å². The summed E-state index contributed by atoms with van der Waals surface area (Å²) < 4.78 is 5.88. The number of aldehydes is 1. The van der Waals surface area contributed by atoms with Crippen LogP contribution in [0, 0.1) is 6.92 Å². The molecule has 1 aromatic heterocycles. The zero-order valence-corrected chi connectivity index (χ0v) is 11.2. The van der Waals surface area contributed by atoms with Crippen LogP contribution >= 0.6 is 0 Å². The molecule has 0 amide bonds. The average Bonchev–Trinajstić information content (AvgIpc) is 2.98. The molecule has 0 radical (unpaired) electrons. The summed E-state index contributed by atoms with van der Waals surface area (Å²) in [5.41, 5.74) is 3.92. The van der Waals surface area contributed by atoms with Gasteiger partial charge in [0.25, 0.3) is 0 Å². The van der Waals surface area contributed by atoms with E-state index in [2.05, 4.69) is 19.1 Å². The number of rotatable bonds is 3. The summed E-state index contributed by atoms with van der Waals surface area (Å²) in [7, 11) is 0. The predicted molar refractivity (Wildman–Crippen MR) is 79.7 cm³/mol. The van der Waals surface area contributed by atoms with E-state index in [9.17, 15) is 4.79 Å². The number of hydrogen-bond acceptors (Lipinski definition) is 2. The molecule has 0 saturated heterocycles. The smallest absolute Gasteiger partial charge is 0.150 e. The minimum atomic E-state index is 0.666. The second-order valence-corrected chi connectivity index (χ2v) is 4.77. The molecule has 3 aromatic rings. The number of carbonyl (C=O) groups is 1. The normalized spacial score (nSPS) is 10.4. The van der Waals surface area contributed by atoms with Gasteiger partial charge in [-0.25, -0.2) is 0 Å². The van der Waals surface area contributed by atoms with Gasteiger partial charge in [-0.05, 0) is 19.1 Å². The van der Waals surface area contributed by atoms with E-state index < -0.39 is 0 Å². The Morgan fingerprint density at radius 2 is 1.25 bits per heavy atom. The van der Waals surface area contributed by atoms with Crippen molar-refractivity contribution < 1.29 is 9.21 Å². The molecule has 2 nitrogen and oxygen atoms in total.